The maximum Gasteiger partial charge on any atom is 0.420 e. The van der Waals surface area contributed by atoms with Crippen molar-refractivity contribution in [2.24, 2.45) is 7.05 Å². The van der Waals surface area contributed by atoms with Gasteiger partial charge in [0.1, 0.15) is 37.9 Å². The van der Waals surface area contributed by atoms with Crippen LogP contribution in [-0.2, 0) is 31.8 Å². The molecular weight excluding hydrogens is 1860 g/mol. The second kappa shape index (κ2) is 36.4. The molecule has 43 heteroatoms. The van der Waals surface area contributed by atoms with Gasteiger partial charge in [-0.25, -0.2) is 28.7 Å². The zero-order chi connectivity index (χ0) is 93.9. The molecule has 0 fully saturated rings. The number of rotatable bonds is 12. The first-order valence-electron chi connectivity index (χ1n) is 39.9. The molecule has 20 heterocycles. The van der Waals surface area contributed by atoms with E-state index in [1.165, 1.54) is 143 Å². The largest absolute Gasteiger partial charge is 0.472 e. The highest BCUT2D eigenvalue weighted by Crippen LogP contribution is 2.44. The second-order valence-electron chi connectivity index (χ2n) is 30.4. The van der Waals surface area contributed by atoms with E-state index in [0.29, 0.717) is 84.3 Å². The van der Waals surface area contributed by atoms with Crippen LogP contribution in [0.25, 0.3) is 89.4 Å². The van der Waals surface area contributed by atoms with Crippen molar-refractivity contribution in [2.75, 3.05) is 52.4 Å². The maximum absolute atomic E-state index is 14.0. The molecule has 0 N–H and O–H groups in total. The van der Waals surface area contributed by atoms with Crippen LogP contribution < -0.4 is 0 Å². The highest BCUT2D eigenvalue weighted by atomic mass is 35.5. The Labute approximate surface area is 759 Å². The van der Waals surface area contributed by atoms with E-state index in [1.54, 1.807) is 41.6 Å². The van der Waals surface area contributed by atoms with Gasteiger partial charge in [0, 0.05) is 164 Å². The topological polar surface area (TPSA) is 260 Å². The fourth-order valence-electron chi connectivity index (χ4n) is 15.5. The van der Waals surface area contributed by atoms with E-state index in [4.69, 9.17) is 68.5 Å². The summed E-state index contributed by atoms with van der Waals surface area (Å²) in [6, 6.07) is 16.1. The summed E-state index contributed by atoms with van der Waals surface area (Å²) >= 11 is 25.5. The van der Waals surface area contributed by atoms with Gasteiger partial charge in [-0.2, -0.15) is 57.8 Å². The minimum Gasteiger partial charge on any atom is -0.472 e. The third kappa shape index (κ3) is 18.5. The Morgan fingerprint density at radius 3 is 0.955 bits per heavy atom. The van der Waals surface area contributed by atoms with E-state index in [9.17, 15) is 80.6 Å². The van der Waals surface area contributed by atoms with Crippen LogP contribution in [0.3, 0.4) is 0 Å². The van der Waals surface area contributed by atoms with Crippen molar-refractivity contribution in [1.29, 1.82) is 0 Å². The molecule has 0 saturated carbocycles. The van der Waals surface area contributed by atoms with Gasteiger partial charge in [-0.05, 0) is 121 Å². The number of amides is 4. The van der Waals surface area contributed by atoms with E-state index in [2.05, 4.69) is 35.0 Å². The first-order valence-corrected chi connectivity index (χ1v) is 41.4. The maximum atomic E-state index is 14.0. The number of alkyl halides is 12. The molecule has 133 heavy (non-hydrogen) atoms. The summed E-state index contributed by atoms with van der Waals surface area (Å²) in [4.78, 5) is 82.0. The van der Waals surface area contributed by atoms with Gasteiger partial charge in [0.05, 0.1) is 97.3 Å². The van der Waals surface area contributed by atoms with Gasteiger partial charge in [-0.3, -0.25) is 51.4 Å². The van der Waals surface area contributed by atoms with Crippen molar-refractivity contribution >= 4 is 115 Å². The average molecular weight is 1920 g/mol. The lowest BCUT2D eigenvalue weighted by molar-refractivity contribution is -0.137. The quantitative estimate of drug-likeness (QED) is 0.103. The van der Waals surface area contributed by atoms with E-state index in [1.807, 2.05) is 31.5 Å². The van der Waals surface area contributed by atoms with Crippen LogP contribution in [-0.4, -0.2) is 153 Å². The Morgan fingerprint density at radius 2 is 0.677 bits per heavy atom. The number of carbonyl (C=O) groups excluding carboxylic acids is 4. The summed E-state index contributed by atoms with van der Waals surface area (Å²) in [5.41, 5.74) is 1.73. The SMILES string of the molecule is Cn1cc(C2=CCN(C(=O)c3nc4c(C(F)(F)F)cc(-c5ccoc5)cn4c3Cl)CC2)cn1.O=C(c1nc2c(C(F)(F)F)cc(-c3ccoc3)cn2c1Cl)N1CC=C(c2ccncc2F)CC1.O=C(c1nc2c(C(F)(F)F)cc(-c3ccoc3)cn2c1Cl)N1CC=C(c2ccoc2)CC1.O=C(c1nc2c(C(F)(F)F)cc(-c3ccoc3)cn2c1Cl)N1CC=C(c2ncccc2F)CC1. The highest BCUT2D eigenvalue weighted by molar-refractivity contribution is 6.34. The van der Waals surface area contributed by atoms with Gasteiger partial charge >= 0.3 is 24.7 Å². The number of aryl methyl sites for hydroxylation is 1. The summed E-state index contributed by atoms with van der Waals surface area (Å²) in [6.07, 6.45) is 17.3. The molecule has 0 bridgehead atoms. The number of nitrogens with zero attached hydrogens (tertiary/aromatic N) is 16. The number of hydrogen-bond acceptors (Lipinski definition) is 16. The van der Waals surface area contributed by atoms with Crippen LogP contribution in [0.1, 0.15) is 112 Å². The number of aromatic nitrogens is 12. The van der Waals surface area contributed by atoms with Crippen LogP contribution in [0.15, 0.2) is 238 Å². The van der Waals surface area contributed by atoms with Crippen molar-refractivity contribution in [1.82, 2.24) is 76.9 Å². The molecule has 0 radical (unpaired) electrons. The Morgan fingerprint density at radius 1 is 0.361 bits per heavy atom. The number of imidazole rings is 4. The van der Waals surface area contributed by atoms with Crippen LogP contribution in [0.2, 0.25) is 20.6 Å². The van der Waals surface area contributed by atoms with Crippen molar-refractivity contribution in [3.63, 3.8) is 0 Å². The molecule has 0 unspecified atom stereocenters. The van der Waals surface area contributed by atoms with Crippen LogP contribution >= 0.6 is 46.4 Å². The van der Waals surface area contributed by atoms with Gasteiger partial charge in [0.15, 0.2) is 45.4 Å². The molecule has 4 amide bonds. The number of hydrogen-bond donors (Lipinski definition) is 0. The van der Waals surface area contributed by atoms with Gasteiger partial charge < -0.3 is 41.7 Å². The first-order chi connectivity index (χ1) is 63.5. The smallest absolute Gasteiger partial charge is 0.420 e. The van der Waals surface area contributed by atoms with Gasteiger partial charge in [0.25, 0.3) is 23.6 Å². The Balaban J connectivity index is 0.000000124. The standard InChI is InChI=1S/2C23H15ClF4N4O2.C22H17ClF3N5O2.C22H15ClF3N3O3/c24-20-19(22(33)31-6-2-13(3-7-31)16-1-5-29-10-18(16)25)30-21-17(23(26,27)28)9-15(11-32(20)21)14-4-8-34-12-14;24-20-19(22(33)31-7-3-13(4-8-31)18-17(25)2-1-6-29-18)30-21-16(23(26,27)28)10-15(11-32(20)21)14-5-9-34-12-14;1-29-10-16(9-27-29)13-2-5-30(6-3-13)21(32)18-19(23)31-11-15(14-4-7-33-12-14)8-17(20(31)28-18)22(24,25)26;23-19-18(21(30)28-5-1-13(2-6-28)14-3-7-31-11-14)27-20-17(22(24,25)26)9-16(10-29(19)20)15-4-8-32-12-15/h1-2,4-5,8-12H,3,6-7H2;1-3,5-6,9-12H,4,7-8H2;2,4,7-12H,3,5-6H2,1H3;1,3-4,7-12H,2,5-6H2. The summed E-state index contributed by atoms with van der Waals surface area (Å²) in [5, 5.41) is 3.34. The normalized spacial score (nSPS) is 14.6. The van der Waals surface area contributed by atoms with Crippen molar-refractivity contribution in [2.45, 2.75) is 50.4 Å². The van der Waals surface area contributed by atoms with Gasteiger partial charge in [0.2, 0.25) is 0 Å². The third-order valence-electron chi connectivity index (χ3n) is 22.2. The molecule has 25 nitrogen and oxygen atoms in total. The fraction of sp³-hybridized carbons (Fsp3) is 0.189. The lowest BCUT2D eigenvalue weighted by Crippen LogP contribution is -2.35. The number of carbonyl (C=O) groups is 4. The minimum atomic E-state index is -4.73. The number of fused-ring (bicyclic) bond motifs is 4. The van der Waals surface area contributed by atoms with Crippen molar-refractivity contribution < 1.29 is 103 Å². The summed E-state index contributed by atoms with van der Waals surface area (Å²) in [6.45, 7) is 2.02. The van der Waals surface area contributed by atoms with E-state index in [-0.39, 0.29) is 104 Å². The zero-order valence-electron chi connectivity index (χ0n) is 68.3. The highest BCUT2D eigenvalue weighted by Gasteiger charge is 2.42. The monoisotopic (exact) mass is 1920 g/mol. The van der Waals surface area contributed by atoms with Crippen molar-refractivity contribution in [3.05, 3.63) is 315 Å². The number of pyridine rings is 6. The lowest BCUT2D eigenvalue weighted by Gasteiger charge is -2.26. The number of halogens is 18. The molecule has 0 saturated heterocycles. The molecular formula is C90H62Cl4F14N16O9. The molecule has 0 spiro atoms. The Kier molecular flexibility index (Phi) is 24.8. The zero-order valence-corrected chi connectivity index (χ0v) is 71.3. The van der Waals surface area contributed by atoms with Gasteiger partial charge in [-0.1, -0.05) is 70.7 Å². The molecule has 4 aliphatic rings. The van der Waals surface area contributed by atoms with E-state index >= 15 is 0 Å². The molecule has 4 aliphatic heterocycles. The van der Waals surface area contributed by atoms with Crippen LogP contribution in [0.5, 0.6) is 0 Å². The second-order valence-corrected chi connectivity index (χ2v) is 31.8. The predicted octanol–water partition coefficient (Wildman–Crippen LogP) is 22.2. The van der Waals surface area contributed by atoms with Crippen LogP contribution in [0, 0.1) is 11.6 Å². The molecule has 16 aromatic rings. The Bertz CT molecular complexity index is 7050. The van der Waals surface area contributed by atoms with Crippen molar-refractivity contribution in [3.8, 4) is 44.5 Å². The summed E-state index contributed by atoms with van der Waals surface area (Å²) < 4.78 is 225. The molecule has 682 valence electrons. The summed E-state index contributed by atoms with van der Waals surface area (Å²) in [7, 11) is 1.82. The predicted molar refractivity (Wildman–Crippen MR) is 456 cm³/mol. The fourth-order valence-corrected chi connectivity index (χ4v) is 16.5. The van der Waals surface area contributed by atoms with E-state index in [0.717, 1.165) is 70.3 Å². The first kappa shape index (κ1) is 90.6. The molecule has 20 rings (SSSR count). The van der Waals surface area contributed by atoms with E-state index < -0.39 is 105 Å². The minimum absolute atomic E-state index is 0.112. The summed E-state index contributed by atoms with van der Waals surface area (Å²) in [5.74, 6) is -3.22. The van der Waals surface area contributed by atoms with Gasteiger partial charge in [-0.15, -0.1) is 0 Å². The number of furan rings is 5. The third-order valence-corrected chi connectivity index (χ3v) is 23.7. The lowest BCUT2D eigenvalue weighted by atomic mass is 10.00. The molecule has 0 aliphatic carbocycles. The molecule has 0 atom stereocenters. The Hall–Kier alpha value is -14.3. The molecule has 16 aromatic heterocycles. The molecule has 0 aromatic carbocycles. The van der Waals surface area contributed by atoms with Crippen LogP contribution in [0.4, 0.5) is 61.5 Å². The average Bonchev–Trinajstić information content (AvgIpc) is 1.60.